The van der Waals surface area contributed by atoms with E-state index in [0.29, 0.717) is 28.2 Å². The first-order chi connectivity index (χ1) is 17.5. The highest BCUT2D eigenvalue weighted by atomic mass is 19.4. The van der Waals surface area contributed by atoms with Crippen LogP contribution in [0.1, 0.15) is 77.5 Å². The molecule has 0 bridgehead atoms. The molecule has 0 spiro atoms. The number of halogens is 3. The van der Waals surface area contributed by atoms with Gasteiger partial charge in [0.05, 0.1) is 17.8 Å². The number of aliphatic imine (C=N–C) groups is 1. The zero-order valence-corrected chi connectivity index (χ0v) is 22.7. The van der Waals surface area contributed by atoms with Crippen LogP contribution in [0.2, 0.25) is 0 Å². The second kappa shape index (κ2) is 15.0. The van der Waals surface area contributed by atoms with Crippen LogP contribution in [0.4, 0.5) is 24.5 Å². The van der Waals surface area contributed by atoms with Gasteiger partial charge in [0, 0.05) is 23.2 Å². The van der Waals surface area contributed by atoms with Crippen LogP contribution >= 0.6 is 0 Å². The van der Waals surface area contributed by atoms with Crippen molar-refractivity contribution in [1.29, 1.82) is 0 Å². The van der Waals surface area contributed by atoms with Crippen LogP contribution in [0.3, 0.4) is 0 Å². The van der Waals surface area contributed by atoms with Gasteiger partial charge in [-0.2, -0.15) is 13.2 Å². The average Bonchev–Trinajstić information content (AvgIpc) is 3.22. The number of benzene rings is 2. The Labute approximate surface area is 218 Å². The molecular formula is C29H38F3N3O2. The number of nitrogens with zero attached hydrogens (tertiary/aromatic N) is 1. The number of carbonyl (C=O) groups excluding carboxylic acids is 2. The first-order valence-corrected chi connectivity index (χ1v) is 12.6. The van der Waals surface area contributed by atoms with Crippen LogP contribution < -0.4 is 10.6 Å². The Bertz CT molecular complexity index is 1070. The molecule has 2 aromatic rings. The van der Waals surface area contributed by atoms with Crippen molar-refractivity contribution in [3.63, 3.8) is 0 Å². The summed E-state index contributed by atoms with van der Waals surface area (Å²) in [5.41, 5.74) is 2.07. The Balaban J connectivity index is 0.000000874. The molecule has 2 aromatic carbocycles. The predicted molar refractivity (Wildman–Crippen MR) is 146 cm³/mol. The van der Waals surface area contributed by atoms with Crippen molar-refractivity contribution >= 4 is 35.0 Å². The number of anilines is 2. The number of amides is 1. The minimum atomic E-state index is -4.41. The summed E-state index contributed by atoms with van der Waals surface area (Å²) >= 11 is 0. The van der Waals surface area contributed by atoms with Gasteiger partial charge in [-0.15, -0.1) is 0 Å². The van der Waals surface area contributed by atoms with E-state index in [2.05, 4.69) is 36.4 Å². The molecule has 1 aliphatic rings. The lowest BCUT2D eigenvalue weighted by Crippen LogP contribution is -2.18. The Kier molecular flexibility index (Phi) is 12.8. The zero-order valence-electron chi connectivity index (χ0n) is 22.7. The molecule has 1 atom stereocenters. The molecule has 0 saturated carbocycles. The fourth-order valence-electron chi connectivity index (χ4n) is 3.26. The first-order valence-electron chi connectivity index (χ1n) is 12.6. The Morgan fingerprint density at radius 3 is 2.14 bits per heavy atom. The Morgan fingerprint density at radius 1 is 1.11 bits per heavy atom. The van der Waals surface area contributed by atoms with Crippen LogP contribution in [0.5, 0.6) is 0 Å². The van der Waals surface area contributed by atoms with Gasteiger partial charge in [-0.3, -0.25) is 14.6 Å². The zero-order chi connectivity index (χ0) is 28.2. The molecule has 1 heterocycles. The third kappa shape index (κ3) is 9.19. The Hall–Kier alpha value is -3.42. The number of alkyl halides is 3. The molecule has 0 radical (unpaired) electrons. The van der Waals surface area contributed by atoms with E-state index >= 15 is 0 Å². The van der Waals surface area contributed by atoms with Crippen LogP contribution in [0.15, 0.2) is 53.5 Å². The van der Waals surface area contributed by atoms with Crippen LogP contribution in [-0.2, 0) is 15.8 Å². The first kappa shape index (κ1) is 31.6. The van der Waals surface area contributed by atoms with Crippen molar-refractivity contribution < 1.29 is 22.8 Å². The average molecular weight is 518 g/mol. The third-order valence-corrected chi connectivity index (χ3v) is 5.52. The van der Waals surface area contributed by atoms with E-state index in [0.717, 1.165) is 18.1 Å². The number of Topliss-reactive ketones (excluding diaryl/α,β-unsaturated/α-hetero) is 1. The van der Waals surface area contributed by atoms with Crippen molar-refractivity contribution in [1.82, 2.24) is 5.32 Å². The van der Waals surface area contributed by atoms with Gasteiger partial charge in [0.25, 0.3) is 0 Å². The highest BCUT2D eigenvalue weighted by molar-refractivity contribution is 6.13. The number of carbonyl (C=O) groups is 2. The van der Waals surface area contributed by atoms with Gasteiger partial charge in [-0.1, -0.05) is 53.2 Å². The fourth-order valence-corrected chi connectivity index (χ4v) is 3.26. The minimum Gasteiger partial charge on any atom is -0.355 e. The molecular weight excluding hydrogens is 479 g/mol. The summed E-state index contributed by atoms with van der Waals surface area (Å²) in [4.78, 5) is 28.5. The van der Waals surface area contributed by atoms with E-state index in [1.54, 1.807) is 44.3 Å². The maximum absolute atomic E-state index is 12.8. The van der Waals surface area contributed by atoms with Crippen LogP contribution in [-0.4, -0.2) is 24.4 Å². The summed E-state index contributed by atoms with van der Waals surface area (Å²) in [6.07, 6.45) is 0.276. The lowest BCUT2D eigenvalue weighted by molar-refractivity contribution is -0.137. The van der Waals surface area contributed by atoms with E-state index in [1.165, 1.54) is 18.6 Å². The number of hydrogen-bond donors (Lipinski definition) is 2. The van der Waals surface area contributed by atoms with Gasteiger partial charge in [-0.05, 0) is 61.7 Å². The van der Waals surface area contributed by atoms with Gasteiger partial charge >= 0.3 is 6.18 Å². The highest BCUT2D eigenvalue weighted by Crippen LogP contribution is 2.34. The van der Waals surface area contributed by atoms with E-state index < -0.39 is 17.7 Å². The largest absolute Gasteiger partial charge is 0.416 e. The van der Waals surface area contributed by atoms with Gasteiger partial charge in [-0.25, -0.2) is 0 Å². The number of ketones is 1. The summed E-state index contributed by atoms with van der Waals surface area (Å²) in [6.45, 7) is 14.2. The highest BCUT2D eigenvalue weighted by Gasteiger charge is 2.34. The third-order valence-electron chi connectivity index (χ3n) is 5.52. The van der Waals surface area contributed by atoms with Gasteiger partial charge in [0.15, 0.2) is 5.78 Å². The molecule has 0 aliphatic carbocycles. The van der Waals surface area contributed by atoms with Crippen molar-refractivity contribution in [2.24, 2.45) is 10.9 Å². The molecule has 37 heavy (non-hydrogen) atoms. The smallest absolute Gasteiger partial charge is 0.355 e. The van der Waals surface area contributed by atoms with E-state index in [4.69, 9.17) is 0 Å². The monoisotopic (exact) mass is 517 g/mol. The van der Waals surface area contributed by atoms with Crippen molar-refractivity contribution in [2.45, 2.75) is 67.0 Å². The Morgan fingerprint density at radius 2 is 1.70 bits per heavy atom. The van der Waals surface area contributed by atoms with Crippen LogP contribution in [0, 0.1) is 5.92 Å². The number of nitrogens with one attached hydrogen (secondary N) is 2. The molecule has 1 amide bonds. The number of rotatable bonds is 6. The molecule has 1 fully saturated rings. The lowest BCUT2D eigenvalue weighted by atomic mass is 9.93. The van der Waals surface area contributed by atoms with Gasteiger partial charge in [0.1, 0.15) is 5.92 Å². The molecule has 1 unspecified atom stereocenters. The second-order valence-electron chi connectivity index (χ2n) is 8.49. The molecule has 1 saturated heterocycles. The molecule has 5 nitrogen and oxygen atoms in total. The summed E-state index contributed by atoms with van der Waals surface area (Å²) in [6, 6.07) is 9.74. The topological polar surface area (TPSA) is 70.6 Å². The predicted octanol–water partition coefficient (Wildman–Crippen LogP) is 7.76. The molecule has 1 aliphatic heterocycles. The summed E-state index contributed by atoms with van der Waals surface area (Å²) in [5, 5.41) is 5.63. The SMILES string of the molecule is CC.CC=N/C(=C\C)c1cc(C2C(=O)CNC2=O)ccc1Nc1ccc(C(F)(F)F)cc1.CCC(C)C. The fraction of sp³-hybridized carbons (Fsp3) is 0.414. The maximum Gasteiger partial charge on any atom is 0.416 e. The standard InChI is InChI=1S/C22H20F3N3O2.C5H12.C2H6/c1-3-17(26-4-2)16-11-13(20-19(29)12-27-21(20)30)5-10-18(16)28-15-8-6-14(7-9-15)22(23,24)25;1-4-5(2)3;1-2/h3-11,20,28H,12H2,1-2H3,(H,27,30);5H,4H2,1-3H3;1-2H3/b17-3-,26-4?;;. The summed E-state index contributed by atoms with van der Waals surface area (Å²) in [5.74, 6) is -0.562. The number of allylic oxidation sites excluding steroid dienone is 1. The maximum atomic E-state index is 12.8. The van der Waals surface area contributed by atoms with E-state index in [9.17, 15) is 22.8 Å². The van der Waals surface area contributed by atoms with Crippen molar-refractivity contribution in [2.75, 3.05) is 11.9 Å². The van der Waals surface area contributed by atoms with E-state index in [-0.39, 0.29) is 18.2 Å². The van der Waals surface area contributed by atoms with Gasteiger partial charge < -0.3 is 10.6 Å². The van der Waals surface area contributed by atoms with Crippen molar-refractivity contribution in [3.8, 4) is 0 Å². The molecule has 202 valence electrons. The molecule has 0 aromatic heterocycles. The summed E-state index contributed by atoms with van der Waals surface area (Å²) < 4.78 is 38.4. The number of hydrogen-bond acceptors (Lipinski definition) is 4. The lowest BCUT2D eigenvalue weighted by Gasteiger charge is -2.16. The minimum absolute atomic E-state index is 0.00598. The normalized spacial score (nSPS) is 15.6. The van der Waals surface area contributed by atoms with Crippen molar-refractivity contribution in [3.05, 3.63) is 65.2 Å². The van der Waals surface area contributed by atoms with Gasteiger partial charge in [0.2, 0.25) is 5.91 Å². The molecule has 2 N–H and O–H groups in total. The molecule has 8 heteroatoms. The molecule has 3 rings (SSSR count). The summed E-state index contributed by atoms with van der Waals surface area (Å²) in [7, 11) is 0. The second-order valence-corrected chi connectivity index (χ2v) is 8.49. The quantitative estimate of drug-likeness (QED) is 0.304. The van der Waals surface area contributed by atoms with E-state index in [1.807, 2.05) is 13.8 Å². The van der Waals surface area contributed by atoms with Crippen LogP contribution in [0.25, 0.3) is 5.70 Å².